The monoisotopic (exact) mass is 248 g/mol. The average Bonchev–Trinajstić information content (AvgIpc) is 2.32. The van der Waals surface area contributed by atoms with E-state index in [2.05, 4.69) is 43.9 Å². The van der Waals surface area contributed by atoms with Crippen LogP contribution in [0.25, 0.3) is 0 Å². The first-order chi connectivity index (χ1) is 8.60. The van der Waals surface area contributed by atoms with E-state index in [0.717, 1.165) is 19.5 Å². The Hall–Kier alpha value is -1.06. The Morgan fingerprint density at radius 2 is 2.06 bits per heavy atom. The molecule has 0 spiro atoms. The van der Waals surface area contributed by atoms with Crippen LogP contribution in [0.5, 0.6) is 0 Å². The molecule has 0 aliphatic carbocycles. The number of nitrogens with two attached hydrogens (primary N) is 1. The third kappa shape index (κ3) is 3.03. The quantitative estimate of drug-likeness (QED) is 0.891. The maximum Gasteiger partial charge on any atom is 0.0766 e. The SMILES string of the molecule is Cc1ccc(N2CC(C)OC(CCN)C2)cc1C. The third-order valence-corrected chi connectivity index (χ3v) is 3.67. The van der Waals surface area contributed by atoms with Crippen molar-refractivity contribution < 1.29 is 4.74 Å². The highest BCUT2D eigenvalue weighted by atomic mass is 16.5. The first kappa shape index (κ1) is 13.4. The standard InChI is InChI=1S/C15H24N2O/c1-11-4-5-14(8-12(11)2)17-9-13(3)18-15(10-17)6-7-16/h4-5,8,13,15H,6-7,9-10,16H2,1-3H3. The molecule has 2 atom stereocenters. The van der Waals surface area contributed by atoms with Gasteiger partial charge in [-0.3, -0.25) is 0 Å². The van der Waals surface area contributed by atoms with Gasteiger partial charge in [-0.1, -0.05) is 6.07 Å². The molecular formula is C15H24N2O. The van der Waals surface area contributed by atoms with Crippen molar-refractivity contribution in [3.8, 4) is 0 Å². The number of morpholine rings is 1. The molecule has 100 valence electrons. The lowest BCUT2D eigenvalue weighted by Gasteiger charge is -2.38. The average molecular weight is 248 g/mol. The number of ether oxygens (including phenoxy) is 1. The normalized spacial score (nSPS) is 24.3. The molecule has 2 unspecified atom stereocenters. The summed E-state index contributed by atoms with van der Waals surface area (Å²) in [6.45, 7) is 9.06. The van der Waals surface area contributed by atoms with Crippen LogP contribution in [-0.2, 0) is 4.74 Å². The molecule has 1 heterocycles. The van der Waals surface area contributed by atoms with Gasteiger partial charge in [0.15, 0.2) is 0 Å². The lowest BCUT2D eigenvalue weighted by molar-refractivity contribution is -0.0183. The molecule has 1 fully saturated rings. The second kappa shape index (κ2) is 5.72. The number of anilines is 1. The molecule has 18 heavy (non-hydrogen) atoms. The Kier molecular flexibility index (Phi) is 4.25. The van der Waals surface area contributed by atoms with E-state index in [1.807, 2.05) is 0 Å². The van der Waals surface area contributed by atoms with Gasteiger partial charge in [0, 0.05) is 18.8 Å². The van der Waals surface area contributed by atoms with Crippen molar-refractivity contribution in [1.82, 2.24) is 0 Å². The second-order valence-electron chi connectivity index (χ2n) is 5.32. The van der Waals surface area contributed by atoms with Crippen molar-refractivity contribution in [3.63, 3.8) is 0 Å². The summed E-state index contributed by atoms with van der Waals surface area (Å²) in [5.74, 6) is 0. The molecule has 1 aliphatic rings. The van der Waals surface area contributed by atoms with Gasteiger partial charge in [0.2, 0.25) is 0 Å². The third-order valence-electron chi connectivity index (χ3n) is 3.67. The first-order valence-corrected chi connectivity index (χ1v) is 6.78. The van der Waals surface area contributed by atoms with Crippen molar-refractivity contribution in [2.24, 2.45) is 5.73 Å². The molecule has 0 aromatic heterocycles. The lowest BCUT2D eigenvalue weighted by Crippen LogP contribution is -2.47. The number of hydrogen-bond donors (Lipinski definition) is 1. The molecule has 3 heteroatoms. The van der Waals surface area contributed by atoms with E-state index >= 15 is 0 Å². The summed E-state index contributed by atoms with van der Waals surface area (Å²) < 4.78 is 5.91. The molecule has 0 amide bonds. The van der Waals surface area contributed by atoms with E-state index in [1.54, 1.807) is 0 Å². The Bertz CT molecular complexity index is 405. The molecular weight excluding hydrogens is 224 g/mol. The lowest BCUT2D eigenvalue weighted by atomic mass is 10.1. The van der Waals surface area contributed by atoms with E-state index < -0.39 is 0 Å². The second-order valence-corrected chi connectivity index (χ2v) is 5.32. The van der Waals surface area contributed by atoms with Crippen LogP contribution in [0.4, 0.5) is 5.69 Å². The van der Waals surface area contributed by atoms with Gasteiger partial charge in [-0.25, -0.2) is 0 Å². The number of aryl methyl sites for hydroxylation is 2. The van der Waals surface area contributed by atoms with Crippen molar-refractivity contribution in [1.29, 1.82) is 0 Å². The van der Waals surface area contributed by atoms with Crippen molar-refractivity contribution >= 4 is 5.69 Å². The van der Waals surface area contributed by atoms with Crippen LogP contribution in [0.15, 0.2) is 18.2 Å². The fourth-order valence-electron chi connectivity index (χ4n) is 2.52. The maximum absolute atomic E-state index is 5.91. The molecule has 2 rings (SSSR count). The van der Waals surface area contributed by atoms with Gasteiger partial charge >= 0.3 is 0 Å². The van der Waals surface area contributed by atoms with Gasteiger partial charge in [-0.15, -0.1) is 0 Å². The van der Waals surface area contributed by atoms with Crippen molar-refractivity contribution in [2.45, 2.75) is 39.4 Å². The Balaban J connectivity index is 2.13. The molecule has 1 aliphatic heterocycles. The minimum absolute atomic E-state index is 0.264. The summed E-state index contributed by atoms with van der Waals surface area (Å²) in [4.78, 5) is 2.42. The molecule has 0 bridgehead atoms. The van der Waals surface area contributed by atoms with Crippen LogP contribution in [0.1, 0.15) is 24.5 Å². The van der Waals surface area contributed by atoms with E-state index in [-0.39, 0.29) is 12.2 Å². The van der Waals surface area contributed by atoms with Crippen LogP contribution in [0.3, 0.4) is 0 Å². The molecule has 0 radical (unpaired) electrons. The number of benzene rings is 1. The molecule has 1 saturated heterocycles. The van der Waals surface area contributed by atoms with Gasteiger partial charge in [0.05, 0.1) is 12.2 Å². The van der Waals surface area contributed by atoms with Gasteiger partial charge < -0.3 is 15.4 Å². The predicted molar refractivity (Wildman–Crippen MR) is 76.1 cm³/mol. The smallest absolute Gasteiger partial charge is 0.0766 e. The summed E-state index contributed by atoms with van der Waals surface area (Å²) in [5, 5.41) is 0. The molecule has 0 saturated carbocycles. The van der Waals surface area contributed by atoms with E-state index in [1.165, 1.54) is 16.8 Å². The largest absolute Gasteiger partial charge is 0.372 e. The molecule has 1 aromatic rings. The maximum atomic E-state index is 5.91. The van der Waals surface area contributed by atoms with Crippen molar-refractivity contribution in [2.75, 3.05) is 24.5 Å². The molecule has 3 nitrogen and oxygen atoms in total. The van der Waals surface area contributed by atoms with Gasteiger partial charge in [-0.05, 0) is 57.0 Å². The van der Waals surface area contributed by atoms with Crippen LogP contribution in [0.2, 0.25) is 0 Å². The predicted octanol–water partition coefficient (Wildman–Crippen LogP) is 2.25. The minimum atomic E-state index is 0.264. The van der Waals surface area contributed by atoms with Gasteiger partial charge in [-0.2, -0.15) is 0 Å². The summed E-state index contributed by atoms with van der Waals surface area (Å²) in [5.41, 5.74) is 9.63. The Morgan fingerprint density at radius 3 is 2.72 bits per heavy atom. The Morgan fingerprint density at radius 1 is 1.28 bits per heavy atom. The number of hydrogen-bond acceptors (Lipinski definition) is 3. The topological polar surface area (TPSA) is 38.5 Å². The fourth-order valence-corrected chi connectivity index (χ4v) is 2.52. The van der Waals surface area contributed by atoms with E-state index in [9.17, 15) is 0 Å². The van der Waals surface area contributed by atoms with Crippen LogP contribution in [0, 0.1) is 13.8 Å². The summed E-state index contributed by atoms with van der Waals surface area (Å²) in [6.07, 6.45) is 1.48. The highest BCUT2D eigenvalue weighted by Crippen LogP contribution is 2.23. The highest BCUT2D eigenvalue weighted by Gasteiger charge is 2.24. The van der Waals surface area contributed by atoms with Crippen LogP contribution >= 0.6 is 0 Å². The zero-order chi connectivity index (χ0) is 13.1. The highest BCUT2D eigenvalue weighted by molar-refractivity contribution is 5.51. The zero-order valence-electron chi connectivity index (χ0n) is 11.6. The fraction of sp³-hybridized carbons (Fsp3) is 0.600. The first-order valence-electron chi connectivity index (χ1n) is 6.78. The number of nitrogens with zero attached hydrogens (tertiary/aromatic N) is 1. The number of rotatable bonds is 3. The Labute approximate surface area is 110 Å². The summed E-state index contributed by atoms with van der Waals surface area (Å²) in [6, 6.07) is 6.68. The van der Waals surface area contributed by atoms with Crippen LogP contribution in [-0.4, -0.2) is 31.8 Å². The van der Waals surface area contributed by atoms with E-state index in [0.29, 0.717) is 6.54 Å². The summed E-state index contributed by atoms with van der Waals surface area (Å²) >= 11 is 0. The van der Waals surface area contributed by atoms with Gasteiger partial charge in [0.1, 0.15) is 0 Å². The van der Waals surface area contributed by atoms with Crippen LogP contribution < -0.4 is 10.6 Å². The minimum Gasteiger partial charge on any atom is -0.372 e. The summed E-state index contributed by atoms with van der Waals surface area (Å²) in [7, 11) is 0. The molecule has 1 aromatic carbocycles. The van der Waals surface area contributed by atoms with Crippen molar-refractivity contribution in [3.05, 3.63) is 29.3 Å². The van der Waals surface area contributed by atoms with Gasteiger partial charge in [0.25, 0.3) is 0 Å². The molecule has 2 N–H and O–H groups in total. The van der Waals surface area contributed by atoms with E-state index in [4.69, 9.17) is 10.5 Å². The zero-order valence-corrected chi connectivity index (χ0v) is 11.6.